The number of hydrogen-bond acceptors (Lipinski definition) is 5. The van der Waals surface area contributed by atoms with E-state index in [-0.39, 0.29) is 18.0 Å². The number of nitrogens with zero attached hydrogens (tertiary/aromatic N) is 2. The van der Waals surface area contributed by atoms with Crippen molar-refractivity contribution in [2.75, 3.05) is 0 Å². The van der Waals surface area contributed by atoms with E-state index in [9.17, 15) is 9.59 Å². The van der Waals surface area contributed by atoms with E-state index in [2.05, 4.69) is 10.3 Å². The van der Waals surface area contributed by atoms with Crippen molar-refractivity contribution >= 4 is 38.8 Å². The molecular formula is C20H17N3O2S2. The Kier molecular flexibility index (Phi) is 4.87. The van der Waals surface area contributed by atoms with Crippen molar-refractivity contribution in [2.24, 2.45) is 0 Å². The van der Waals surface area contributed by atoms with Gasteiger partial charge in [0.1, 0.15) is 11.4 Å². The van der Waals surface area contributed by atoms with Gasteiger partial charge < -0.3 is 5.32 Å². The molecule has 27 heavy (non-hydrogen) atoms. The lowest BCUT2D eigenvalue weighted by Crippen LogP contribution is -2.32. The van der Waals surface area contributed by atoms with Crippen molar-refractivity contribution < 1.29 is 4.79 Å². The third kappa shape index (κ3) is 3.70. The van der Waals surface area contributed by atoms with Crippen LogP contribution in [0.25, 0.3) is 20.7 Å². The average Bonchev–Trinajstić information content (AvgIpc) is 3.33. The lowest BCUT2D eigenvalue weighted by molar-refractivity contribution is -0.121. The van der Waals surface area contributed by atoms with Crippen LogP contribution in [0, 0.1) is 6.92 Å². The fraction of sp³-hybridized carbons (Fsp3) is 0.150. The van der Waals surface area contributed by atoms with Crippen LogP contribution in [0.15, 0.2) is 58.3 Å². The molecule has 1 aromatic carbocycles. The molecule has 0 aliphatic rings. The highest BCUT2D eigenvalue weighted by Gasteiger charge is 2.15. The Bertz CT molecular complexity index is 1140. The molecule has 0 bridgehead atoms. The van der Waals surface area contributed by atoms with E-state index in [1.807, 2.05) is 54.1 Å². The van der Waals surface area contributed by atoms with Gasteiger partial charge in [0, 0.05) is 22.4 Å². The minimum absolute atomic E-state index is 0.0483. The summed E-state index contributed by atoms with van der Waals surface area (Å²) in [6.45, 7) is 2.41. The first kappa shape index (κ1) is 17.6. The summed E-state index contributed by atoms with van der Waals surface area (Å²) in [4.78, 5) is 31.3. The molecule has 0 atom stereocenters. The molecule has 0 aliphatic heterocycles. The highest BCUT2D eigenvalue weighted by molar-refractivity contribution is 7.18. The first-order valence-electron chi connectivity index (χ1n) is 8.44. The van der Waals surface area contributed by atoms with Crippen molar-refractivity contribution in [3.05, 3.63) is 75.0 Å². The zero-order chi connectivity index (χ0) is 18.8. The van der Waals surface area contributed by atoms with Gasteiger partial charge in [-0.3, -0.25) is 14.2 Å². The minimum Gasteiger partial charge on any atom is -0.350 e. The van der Waals surface area contributed by atoms with E-state index in [0.717, 1.165) is 16.0 Å². The fourth-order valence-electron chi connectivity index (χ4n) is 2.81. The van der Waals surface area contributed by atoms with Crippen LogP contribution in [0.5, 0.6) is 0 Å². The zero-order valence-electron chi connectivity index (χ0n) is 14.6. The van der Waals surface area contributed by atoms with E-state index in [0.29, 0.717) is 16.8 Å². The molecule has 0 saturated carbocycles. The smallest absolute Gasteiger partial charge is 0.263 e. The van der Waals surface area contributed by atoms with Crippen LogP contribution in [0.4, 0.5) is 0 Å². The molecule has 3 heterocycles. The third-order valence-electron chi connectivity index (χ3n) is 4.27. The molecule has 4 rings (SSSR count). The van der Waals surface area contributed by atoms with Crippen molar-refractivity contribution in [1.82, 2.24) is 14.9 Å². The number of aryl methyl sites for hydroxylation is 1. The second kappa shape index (κ2) is 7.46. The Labute approximate surface area is 163 Å². The van der Waals surface area contributed by atoms with Crippen LogP contribution in [0.1, 0.15) is 11.1 Å². The Morgan fingerprint density at radius 3 is 2.74 bits per heavy atom. The number of rotatable bonds is 5. The predicted molar refractivity (Wildman–Crippen MR) is 110 cm³/mol. The van der Waals surface area contributed by atoms with Crippen molar-refractivity contribution in [2.45, 2.75) is 20.0 Å². The maximum Gasteiger partial charge on any atom is 0.263 e. The van der Waals surface area contributed by atoms with E-state index in [1.165, 1.54) is 27.8 Å². The summed E-state index contributed by atoms with van der Waals surface area (Å²) in [6.07, 6.45) is 1.45. The summed E-state index contributed by atoms with van der Waals surface area (Å²) < 4.78 is 1.37. The molecule has 0 aliphatic carbocycles. The standard InChI is InChI=1S/C20H17N3O2S2/c1-13-4-6-14(7-5-13)9-21-17(24)10-23-12-22-19-18(20(23)25)15(11-27-19)16-3-2-8-26-16/h2-8,11-12H,9-10H2,1H3,(H,21,24). The Morgan fingerprint density at radius 1 is 1.19 bits per heavy atom. The first-order valence-corrected chi connectivity index (χ1v) is 10.2. The second-order valence-electron chi connectivity index (χ2n) is 6.25. The maximum atomic E-state index is 12.9. The van der Waals surface area contributed by atoms with Crippen LogP contribution in [-0.2, 0) is 17.9 Å². The summed E-state index contributed by atoms with van der Waals surface area (Å²) in [6, 6.07) is 11.9. The molecule has 1 amide bonds. The largest absolute Gasteiger partial charge is 0.350 e. The molecule has 5 nitrogen and oxygen atoms in total. The molecule has 7 heteroatoms. The summed E-state index contributed by atoms with van der Waals surface area (Å²) in [7, 11) is 0. The van der Waals surface area contributed by atoms with Gasteiger partial charge >= 0.3 is 0 Å². The van der Waals surface area contributed by atoms with Crippen LogP contribution in [0.3, 0.4) is 0 Å². The molecule has 3 aromatic heterocycles. The van der Waals surface area contributed by atoms with Crippen molar-refractivity contribution in [3.63, 3.8) is 0 Å². The number of hydrogen-bond donors (Lipinski definition) is 1. The molecule has 136 valence electrons. The molecule has 4 aromatic rings. The van der Waals surface area contributed by atoms with E-state index >= 15 is 0 Å². The molecule has 0 fully saturated rings. The van der Waals surface area contributed by atoms with E-state index in [4.69, 9.17) is 0 Å². The molecule has 0 unspecified atom stereocenters. The summed E-state index contributed by atoms with van der Waals surface area (Å²) >= 11 is 3.03. The maximum absolute atomic E-state index is 12.9. The highest BCUT2D eigenvalue weighted by Crippen LogP contribution is 2.33. The second-order valence-corrected chi connectivity index (χ2v) is 8.05. The topological polar surface area (TPSA) is 64.0 Å². The van der Waals surface area contributed by atoms with Gasteiger partial charge in [-0.05, 0) is 23.9 Å². The molecular weight excluding hydrogens is 378 g/mol. The number of fused-ring (bicyclic) bond motifs is 1. The quantitative estimate of drug-likeness (QED) is 0.559. The summed E-state index contributed by atoms with van der Waals surface area (Å²) in [5, 5.41) is 7.37. The third-order valence-corrected chi connectivity index (χ3v) is 6.06. The highest BCUT2D eigenvalue weighted by atomic mass is 32.1. The van der Waals surface area contributed by atoms with Crippen molar-refractivity contribution in [3.8, 4) is 10.4 Å². The Morgan fingerprint density at radius 2 is 2.00 bits per heavy atom. The fourth-order valence-corrected chi connectivity index (χ4v) is 4.53. The SMILES string of the molecule is Cc1ccc(CNC(=O)Cn2cnc3scc(-c4cccs4)c3c2=O)cc1. The van der Waals surface area contributed by atoms with Gasteiger partial charge in [0.05, 0.1) is 11.7 Å². The molecule has 1 N–H and O–H groups in total. The number of nitrogens with one attached hydrogen (secondary N) is 1. The lowest BCUT2D eigenvalue weighted by Gasteiger charge is -2.08. The minimum atomic E-state index is -0.216. The molecule has 0 spiro atoms. The molecule has 0 radical (unpaired) electrons. The average molecular weight is 396 g/mol. The van der Waals surface area contributed by atoms with E-state index < -0.39 is 0 Å². The number of thiophene rings is 2. The Balaban J connectivity index is 1.54. The number of benzene rings is 1. The van der Waals surface area contributed by atoms with Gasteiger partial charge in [0.2, 0.25) is 5.91 Å². The number of amides is 1. The van der Waals surface area contributed by atoms with Gasteiger partial charge in [-0.15, -0.1) is 22.7 Å². The van der Waals surface area contributed by atoms with E-state index in [1.54, 1.807) is 11.3 Å². The van der Waals surface area contributed by atoms with Gasteiger partial charge in [-0.2, -0.15) is 0 Å². The normalized spacial score (nSPS) is 11.0. The van der Waals surface area contributed by atoms with Gasteiger partial charge in [-0.1, -0.05) is 35.9 Å². The first-order chi connectivity index (χ1) is 13.1. The van der Waals surface area contributed by atoms with Crippen LogP contribution < -0.4 is 10.9 Å². The van der Waals surface area contributed by atoms with Crippen molar-refractivity contribution in [1.29, 1.82) is 0 Å². The van der Waals surface area contributed by atoms with Crippen LogP contribution in [-0.4, -0.2) is 15.5 Å². The van der Waals surface area contributed by atoms with Crippen LogP contribution in [0.2, 0.25) is 0 Å². The number of carbonyl (C=O) groups is 1. The summed E-state index contributed by atoms with van der Waals surface area (Å²) in [5.74, 6) is -0.216. The summed E-state index contributed by atoms with van der Waals surface area (Å²) in [5.41, 5.74) is 2.90. The Hall–Kier alpha value is -2.77. The monoisotopic (exact) mass is 395 g/mol. The van der Waals surface area contributed by atoms with Crippen LogP contribution >= 0.6 is 22.7 Å². The van der Waals surface area contributed by atoms with Gasteiger partial charge in [0.15, 0.2) is 0 Å². The van der Waals surface area contributed by atoms with Gasteiger partial charge in [0.25, 0.3) is 5.56 Å². The van der Waals surface area contributed by atoms with Gasteiger partial charge in [-0.25, -0.2) is 4.98 Å². The zero-order valence-corrected chi connectivity index (χ0v) is 16.3. The predicted octanol–water partition coefficient (Wildman–Crippen LogP) is 3.81. The number of aromatic nitrogens is 2. The molecule has 0 saturated heterocycles. The lowest BCUT2D eigenvalue weighted by atomic mass is 10.1. The number of carbonyl (C=O) groups excluding carboxylic acids is 1.